The number of carbonyl (C=O) groups excluding carboxylic acids is 1. The molecule has 0 saturated carbocycles. The lowest BCUT2D eigenvalue weighted by atomic mass is 9.84. The van der Waals surface area contributed by atoms with Gasteiger partial charge < -0.3 is 5.32 Å². The molecule has 0 aromatic heterocycles. The Balaban J connectivity index is 2.68. The van der Waals surface area contributed by atoms with Crippen LogP contribution in [0.1, 0.15) is 32.8 Å². The van der Waals surface area contributed by atoms with Crippen molar-refractivity contribution >= 4 is 21.8 Å². The number of nitrogens with one attached hydrogen (secondary N) is 1. The first-order valence-corrected chi connectivity index (χ1v) is 7.13. The molecule has 0 heterocycles. The van der Waals surface area contributed by atoms with Crippen molar-refractivity contribution < 1.29 is 4.79 Å². The predicted octanol–water partition coefficient (Wildman–Crippen LogP) is 3.39. The standard InChI is InChI=1S/C15H19BrN2O/c1-4-11(9-17)14(19)18-10-15(2,3)12-5-7-13(16)8-6-12/h5-8,11H,4,10H2,1-3H3,(H,18,19). The molecular weight excluding hydrogens is 304 g/mol. The van der Waals surface area contributed by atoms with Crippen LogP contribution >= 0.6 is 15.9 Å². The number of rotatable bonds is 5. The normalized spacial score (nSPS) is 12.6. The van der Waals surface area contributed by atoms with Crippen molar-refractivity contribution in [2.45, 2.75) is 32.6 Å². The predicted molar refractivity (Wildman–Crippen MR) is 79.6 cm³/mol. The summed E-state index contributed by atoms with van der Waals surface area (Å²) < 4.78 is 1.03. The van der Waals surface area contributed by atoms with Crippen LogP contribution in [0.25, 0.3) is 0 Å². The Kier molecular flexibility index (Phi) is 5.56. The lowest BCUT2D eigenvalue weighted by molar-refractivity contribution is -0.123. The first-order chi connectivity index (χ1) is 8.90. The molecule has 0 aliphatic heterocycles. The average molecular weight is 323 g/mol. The quantitative estimate of drug-likeness (QED) is 0.903. The van der Waals surface area contributed by atoms with Crippen molar-refractivity contribution in [1.29, 1.82) is 5.26 Å². The molecule has 4 heteroatoms. The highest BCUT2D eigenvalue weighted by Gasteiger charge is 2.23. The zero-order valence-electron chi connectivity index (χ0n) is 11.5. The van der Waals surface area contributed by atoms with Gasteiger partial charge in [0.05, 0.1) is 6.07 Å². The highest BCUT2D eigenvalue weighted by atomic mass is 79.9. The Labute approximate surface area is 123 Å². The maximum absolute atomic E-state index is 11.8. The number of carbonyl (C=O) groups is 1. The lowest BCUT2D eigenvalue weighted by Crippen LogP contribution is -2.39. The second kappa shape index (κ2) is 6.72. The van der Waals surface area contributed by atoms with Gasteiger partial charge in [0, 0.05) is 16.4 Å². The van der Waals surface area contributed by atoms with Crippen LogP contribution < -0.4 is 5.32 Å². The van der Waals surface area contributed by atoms with E-state index < -0.39 is 5.92 Å². The third kappa shape index (κ3) is 4.36. The van der Waals surface area contributed by atoms with Gasteiger partial charge in [-0.05, 0) is 24.1 Å². The fourth-order valence-corrected chi connectivity index (χ4v) is 2.03. The minimum Gasteiger partial charge on any atom is -0.354 e. The molecule has 19 heavy (non-hydrogen) atoms. The van der Waals surface area contributed by atoms with Gasteiger partial charge in [0.15, 0.2) is 0 Å². The van der Waals surface area contributed by atoms with Crippen molar-refractivity contribution in [3.8, 4) is 6.07 Å². The first-order valence-electron chi connectivity index (χ1n) is 6.34. The molecule has 1 rings (SSSR count). The van der Waals surface area contributed by atoms with E-state index in [0.717, 1.165) is 10.0 Å². The number of amides is 1. The summed E-state index contributed by atoms with van der Waals surface area (Å²) in [4.78, 5) is 11.8. The van der Waals surface area contributed by atoms with Gasteiger partial charge in [-0.1, -0.05) is 48.8 Å². The van der Waals surface area contributed by atoms with Crippen molar-refractivity contribution in [2.75, 3.05) is 6.54 Å². The van der Waals surface area contributed by atoms with Gasteiger partial charge in [-0.15, -0.1) is 0 Å². The molecule has 0 bridgehead atoms. The van der Waals surface area contributed by atoms with Crippen LogP contribution in [-0.4, -0.2) is 12.5 Å². The fourth-order valence-electron chi connectivity index (χ4n) is 1.77. The highest BCUT2D eigenvalue weighted by Crippen LogP contribution is 2.24. The van der Waals surface area contributed by atoms with Gasteiger partial charge in [0.2, 0.25) is 5.91 Å². The van der Waals surface area contributed by atoms with Crippen LogP contribution in [0.2, 0.25) is 0 Å². The minimum atomic E-state index is -0.555. The Morgan fingerprint density at radius 2 is 2.00 bits per heavy atom. The number of hydrogen-bond donors (Lipinski definition) is 1. The number of hydrogen-bond acceptors (Lipinski definition) is 2. The van der Waals surface area contributed by atoms with E-state index in [1.54, 1.807) is 0 Å². The smallest absolute Gasteiger partial charge is 0.237 e. The van der Waals surface area contributed by atoms with Gasteiger partial charge in [-0.3, -0.25) is 4.79 Å². The molecule has 1 amide bonds. The van der Waals surface area contributed by atoms with Gasteiger partial charge in [-0.2, -0.15) is 5.26 Å². The van der Waals surface area contributed by atoms with E-state index in [4.69, 9.17) is 5.26 Å². The first kappa shape index (κ1) is 15.7. The second-order valence-electron chi connectivity index (χ2n) is 5.20. The van der Waals surface area contributed by atoms with E-state index in [-0.39, 0.29) is 11.3 Å². The molecule has 0 saturated heterocycles. The van der Waals surface area contributed by atoms with E-state index in [1.165, 1.54) is 0 Å². The van der Waals surface area contributed by atoms with E-state index in [2.05, 4.69) is 35.1 Å². The summed E-state index contributed by atoms with van der Waals surface area (Å²) in [5, 5.41) is 11.7. The number of nitriles is 1. The van der Waals surface area contributed by atoms with Crippen molar-refractivity contribution in [1.82, 2.24) is 5.32 Å². The van der Waals surface area contributed by atoms with Crippen molar-refractivity contribution in [2.24, 2.45) is 5.92 Å². The zero-order chi connectivity index (χ0) is 14.5. The zero-order valence-corrected chi connectivity index (χ0v) is 13.1. The lowest BCUT2D eigenvalue weighted by Gasteiger charge is -2.26. The maximum atomic E-state index is 11.8. The van der Waals surface area contributed by atoms with Crippen LogP contribution in [0.15, 0.2) is 28.7 Å². The molecule has 1 aromatic carbocycles. The molecular formula is C15H19BrN2O. The number of benzene rings is 1. The minimum absolute atomic E-state index is 0.163. The number of halogens is 1. The van der Waals surface area contributed by atoms with E-state index >= 15 is 0 Å². The molecule has 1 N–H and O–H groups in total. The molecule has 3 nitrogen and oxygen atoms in total. The maximum Gasteiger partial charge on any atom is 0.237 e. The largest absolute Gasteiger partial charge is 0.354 e. The third-order valence-corrected chi connectivity index (χ3v) is 3.74. The molecule has 0 spiro atoms. The monoisotopic (exact) mass is 322 g/mol. The summed E-state index contributed by atoms with van der Waals surface area (Å²) >= 11 is 3.41. The van der Waals surface area contributed by atoms with Gasteiger partial charge in [0.1, 0.15) is 5.92 Å². The summed E-state index contributed by atoms with van der Waals surface area (Å²) in [5.41, 5.74) is 0.991. The SMILES string of the molecule is CCC(C#N)C(=O)NCC(C)(C)c1ccc(Br)cc1. The molecule has 1 unspecified atom stereocenters. The summed E-state index contributed by atoms with van der Waals surface area (Å²) in [6.45, 7) is 6.51. The Morgan fingerprint density at radius 3 is 2.47 bits per heavy atom. The molecule has 0 aliphatic rings. The van der Waals surface area contributed by atoms with Crippen molar-refractivity contribution in [3.63, 3.8) is 0 Å². The molecule has 0 fully saturated rings. The van der Waals surface area contributed by atoms with Gasteiger partial charge in [0.25, 0.3) is 0 Å². The fraction of sp³-hybridized carbons (Fsp3) is 0.467. The Morgan fingerprint density at radius 1 is 1.42 bits per heavy atom. The molecule has 1 atom stereocenters. The molecule has 1 aromatic rings. The van der Waals surface area contributed by atoms with Crippen molar-refractivity contribution in [3.05, 3.63) is 34.3 Å². The topological polar surface area (TPSA) is 52.9 Å². The highest BCUT2D eigenvalue weighted by molar-refractivity contribution is 9.10. The summed E-state index contributed by atoms with van der Waals surface area (Å²) in [6.07, 6.45) is 0.543. The Hall–Kier alpha value is -1.34. The molecule has 0 radical (unpaired) electrons. The van der Waals surface area contributed by atoms with E-state index in [0.29, 0.717) is 13.0 Å². The molecule has 102 valence electrons. The summed E-state index contributed by atoms with van der Waals surface area (Å²) in [6, 6.07) is 10.1. The van der Waals surface area contributed by atoms with Crippen LogP contribution in [0.3, 0.4) is 0 Å². The van der Waals surface area contributed by atoms with Gasteiger partial charge in [-0.25, -0.2) is 0 Å². The van der Waals surface area contributed by atoms with Gasteiger partial charge >= 0.3 is 0 Å². The third-order valence-electron chi connectivity index (χ3n) is 3.21. The Bertz CT molecular complexity index is 474. The summed E-state index contributed by atoms with van der Waals surface area (Å²) in [7, 11) is 0. The summed E-state index contributed by atoms with van der Waals surface area (Å²) in [5.74, 6) is -0.740. The number of nitrogens with zero attached hydrogens (tertiary/aromatic N) is 1. The second-order valence-corrected chi connectivity index (χ2v) is 6.11. The molecule has 0 aliphatic carbocycles. The average Bonchev–Trinajstić information content (AvgIpc) is 2.38. The van der Waals surface area contributed by atoms with Crippen LogP contribution in [0.5, 0.6) is 0 Å². The van der Waals surface area contributed by atoms with Crippen LogP contribution in [0.4, 0.5) is 0 Å². The van der Waals surface area contributed by atoms with Crippen LogP contribution in [0, 0.1) is 17.2 Å². The van der Waals surface area contributed by atoms with E-state index in [9.17, 15) is 4.79 Å². The van der Waals surface area contributed by atoms with E-state index in [1.807, 2.05) is 37.3 Å². The van der Waals surface area contributed by atoms with Crippen LogP contribution in [-0.2, 0) is 10.2 Å².